The average molecular weight is 353 g/mol. The van der Waals surface area contributed by atoms with Crippen LogP contribution in [-0.2, 0) is 11.8 Å². The number of anilines is 1. The van der Waals surface area contributed by atoms with Crippen molar-refractivity contribution in [3.05, 3.63) is 59.7 Å². The van der Waals surface area contributed by atoms with Crippen LogP contribution in [0.15, 0.2) is 47.0 Å². The summed E-state index contributed by atoms with van der Waals surface area (Å²) in [6.07, 6.45) is 3.60. The molecular formula is C19H23N5O2. The SMILES string of the molecule is CC(Nc1nnc([C@@H]2CCCO[C@H]2c2ccnn2C)o1)c1ccccc1. The van der Waals surface area contributed by atoms with E-state index in [0.29, 0.717) is 11.9 Å². The maximum atomic E-state index is 6.02. The van der Waals surface area contributed by atoms with E-state index in [1.54, 1.807) is 6.20 Å². The van der Waals surface area contributed by atoms with E-state index in [1.807, 2.05) is 36.0 Å². The highest BCUT2D eigenvalue weighted by Crippen LogP contribution is 2.40. The van der Waals surface area contributed by atoms with Crippen molar-refractivity contribution in [2.75, 3.05) is 11.9 Å². The first kappa shape index (κ1) is 16.8. The Morgan fingerprint density at radius 1 is 1.19 bits per heavy atom. The van der Waals surface area contributed by atoms with E-state index >= 15 is 0 Å². The third-order valence-electron chi connectivity index (χ3n) is 4.87. The highest BCUT2D eigenvalue weighted by atomic mass is 16.5. The van der Waals surface area contributed by atoms with Crippen LogP contribution in [0.2, 0.25) is 0 Å². The Labute approximate surface area is 152 Å². The van der Waals surface area contributed by atoms with Crippen LogP contribution in [0.4, 0.5) is 6.01 Å². The Hall–Kier alpha value is -2.67. The number of hydrogen-bond acceptors (Lipinski definition) is 6. The van der Waals surface area contributed by atoms with Crippen molar-refractivity contribution in [3.63, 3.8) is 0 Å². The fraction of sp³-hybridized carbons (Fsp3) is 0.421. The van der Waals surface area contributed by atoms with Crippen LogP contribution in [0.25, 0.3) is 0 Å². The highest BCUT2D eigenvalue weighted by Gasteiger charge is 2.34. The first-order valence-electron chi connectivity index (χ1n) is 8.97. The van der Waals surface area contributed by atoms with Gasteiger partial charge in [-0.25, -0.2) is 0 Å². The minimum absolute atomic E-state index is 0.0363. The van der Waals surface area contributed by atoms with Gasteiger partial charge in [-0.05, 0) is 31.4 Å². The van der Waals surface area contributed by atoms with Crippen molar-refractivity contribution in [1.29, 1.82) is 0 Å². The molecule has 0 spiro atoms. The van der Waals surface area contributed by atoms with Crippen molar-refractivity contribution < 1.29 is 9.15 Å². The number of aromatic nitrogens is 4. The van der Waals surface area contributed by atoms with E-state index in [9.17, 15) is 0 Å². The number of aryl methyl sites for hydroxylation is 1. The quantitative estimate of drug-likeness (QED) is 0.755. The molecule has 0 amide bonds. The molecule has 3 heterocycles. The molecule has 1 aliphatic rings. The standard InChI is InChI=1S/C19H23N5O2/c1-13(14-7-4-3-5-8-14)21-19-23-22-18(26-19)15-9-6-12-25-17(15)16-10-11-20-24(16)2/h3-5,7-8,10-11,13,15,17H,6,9,12H2,1-2H3,(H,21,23)/t13?,15-,17-/m1/s1. The molecule has 0 bridgehead atoms. The van der Waals surface area contributed by atoms with Gasteiger partial charge in [-0.1, -0.05) is 35.4 Å². The molecule has 3 atom stereocenters. The van der Waals surface area contributed by atoms with E-state index < -0.39 is 0 Å². The zero-order valence-corrected chi connectivity index (χ0v) is 15.0. The van der Waals surface area contributed by atoms with Crippen molar-refractivity contribution in [2.45, 2.75) is 37.8 Å². The normalized spacial score (nSPS) is 21.5. The summed E-state index contributed by atoms with van der Waals surface area (Å²) in [7, 11) is 1.92. The molecule has 26 heavy (non-hydrogen) atoms. The summed E-state index contributed by atoms with van der Waals surface area (Å²) in [5.74, 6) is 0.646. The van der Waals surface area contributed by atoms with Gasteiger partial charge < -0.3 is 14.5 Å². The molecule has 1 aromatic carbocycles. The molecule has 0 aliphatic carbocycles. The molecule has 7 heteroatoms. The van der Waals surface area contributed by atoms with Gasteiger partial charge in [-0.2, -0.15) is 5.10 Å². The van der Waals surface area contributed by atoms with Crippen molar-refractivity contribution in [1.82, 2.24) is 20.0 Å². The van der Waals surface area contributed by atoms with E-state index in [-0.39, 0.29) is 18.1 Å². The summed E-state index contributed by atoms with van der Waals surface area (Å²) in [5, 5.41) is 16.0. The lowest BCUT2D eigenvalue weighted by atomic mass is 9.92. The van der Waals surface area contributed by atoms with Gasteiger partial charge in [-0.3, -0.25) is 4.68 Å². The van der Waals surface area contributed by atoms with Crippen LogP contribution >= 0.6 is 0 Å². The van der Waals surface area contributed by atoms with Gasteiger partial charge in [0.15, 0.2) is 0 Å². The van der Waals surface area contributed by atoms with Gasteiger partial charge in [0.05, 0.1) is 17.7 Å². The van der Waals surface area contributed by atoms with Gasteiger partial charge in [0.2, 0.25) is 5.89 Å². The number of rotatable bonds is 5. The molecule has 4 rings (SSSR count). The van der Waals surface area contributed by atoms with Crippen LogP contribution in [-0.4, -0.2) is 26.6 Å². The van der Waals surface area contributed by atoms with Crippen molar-refractivity contribution >= 4 is 6.01 Å². The second kappa shape index (κ2) is 7.29. The predicted molar refractivity (Wildman–Crippen MR) is 96.7 cm³/mol. The summed E-state index contributed by atoms with van der Waals surface area (Å²) in [4.78, 5) is 0. The Bertz CT molecular complexity index is 845. The molecule has 1 fully saturated rings. The van der Waals surface area contributed by atoms with E-state index in [0.717, 1.165) is 25.1 Å². The summed E-state index contributed by atoms with van der Waals surface area (Å²) >= 11 is 0. The number of nitrogens with one attached hydrogen (secondary N) is 1. The smallest absolute Gasteiger partial charge is 0.315 e. The second-order valence-corrected chi connectivity index (χ2v) is 6.64. The molecule has 7 nitrogen and oxygen atoms in total. The minimum Gasteiger partial charge on any atom is -0.408 e. The Morgan fingerprint density at radius 3 is 2.81 bits per heavy atom. The van der Waals surface area contributed by atoms with Crippen LogP contribution in [0, 0.1) is 0 Å². The molecule has 1 saturated heterocycles. The Kier molecular flexibility index (Phi) is 4.71. The molecular weight excluding hydrogens is 330 g/mol. The summed E-state index contributed by atoms with van der Waals surface area (Å²) in [6.45, 7) is 2.80. The monoisotopic (exact) mass is 353 g/mol. The Morgan fingerprint density at radius 2 is 2.04 bits per heavy atom. The van der Waals surface area contributed by atoms with Crippen LogP contribution in [0.3, 0.4) is 0 Å². The van der Waals surface area contributed by atoms with Crippen molar-refractivity contribution in [3.8, 4) is 0 Å². The third-order valence-corrected chi connectivity index (χ3v) is 4.87. The summed E-state index contributed by atoms with van der Waals surface area (Å²) < 4.78 is 13.8. The zero-order valence-electron chi connectivity index (χ0n) is 15.0. The van der Waals surface area contributed by atoms with Gasteiger partial charge in [-0.15, -0.1) is 5.10 Å². The number of nitrogens with zero attached hydrogens (tertiary/aromatic N) is 4. The lowest BCUT2D eigenvalue weighted by Crippen LogP contribution is -2.23. The average Bonchev–Trinajstić information content (AvgIpc) is 3.31. The molecule has 3 aromatic rings. The first-order valence-corrected chi connectivity index (χ1v) is 8.97. The van der Waals surface area contributed by atoms with Crippen LogP contribution in [0.1, 0.15) is 55.0 Å². The minimum atomic E-state index is -0.115. The lowest BCUT2D eigenvalue weighted by Gasteiger charge is -2.29. The fourth-order valence-electron chi connectivity index (χ4n) is 3.44. The summed E-state index contributed by atoms with van der Waals surface area (Å²) in [5.41, 5.74) is 2.20. The molecule has 2 aromatic heterocycles. The molecule has 1 N–H and O–H groups in total. The predicted octanol–water partition coefficient (Wildman–Crippen LogP) is 3.61. The maximum Gasteiger partial charge on any atom is 0.315 e. The van der Waals surface area contributed by atoms with E-state index in [1.165, 1.54) is 5.56 Å². The highest BCUT2D eigenvalue weighted by molar-refractivity contribution is 5.28. The maximum absolute atomic E-state index is 6.02. The molecule has 0 radical (unpaired) electrons. The molecule has 1 aliphatic heterocycles. The fourth-order valence-corrected chi connectivity index (χ4v) is 3.44. The van der Waals surface area contributed by atoms with Gasteiger partial charge >= 0.3 is 6.01 Å². The third kappa shape index (κ3) is 3.35. The van der Waals surface area contributed by atoms with Crippen LogP contribution in [0.5, 0.6) is 0 Å². The number of benzene rings is 1. The lowest BCUT2D eigenvalue weighted by molar-refractivity contribution is -0.0135. The van der Waals surface area contributed by atoms with Gasteiger partial charge in [0, 0.05) is 19.9 Å². The van der Waals surface area contributed by atoms with Gasteiger partial charge in [0.1, 0.15) is 6.10 Å². The van der Waals surface area contributed by atoms with E-state index in [4.69, 9.17) is 9.15 Å². The Balaban J connectivity index is 1.52. The molecule has 136 valence electrons. The molecule has 1 unspecified atom stereocenters. The second-order valence-electron chi connectivity index (χ2n) is 6.64. The topological polar surface area (TPSA) is 78.0 Å². The number of ether oxygens (including phenoxy) is 1. The van der Waals surface area contributed by atoms with Gasteiger partial charge in [0.25, 0.3) is 0 Å². The summed E-state index contributed by atoms with van der Waals surface area (Å²) in [6, 6.07) is 12.7. The first-order chi connectivity index (χ1) is 12.7. The zero-order chi connectivity index (χ0) is 17.9. The number of hydrogen-bond donors (Lipinski definition) is 1. The van der Waals surface area contributed by atoms with E-state index in [2.05, 4.69) is 39.7 Å². The van der Waals surface area contributed by atoms with Crippen molar-refractivity contribution in [2.24, 2.45) is 7.05 Å². The molecule has 0 saturated carbocycles. The van der Waals surface area contributed by atoms with Crippen LogP contribution < -0.4 is 5.32 Å². The largest absolute Gasteiger partial charge is 0.408 e.